The first-order valence-corrected chi connectivity index (χ1v) is 8.65. The number of halogens is 1. The molecule has 1 saturated carbocycles. The van der Waals surface area contributed by atoms with Crippen molar-refractivity contribution < 1.29 is 14.0 Å². The highest BCUT2D eigenvalue weighted by Gasteiger charge is 2.41. The smallest absolute Gasteiger partial charge is 0.317 e. The van der Waals surface area contributed by atoms with Gasteiger partial charge < -0.3 is 15.5 Å². The van der Waals surface area contributed by atoms with Crippen LogP contribution in [0, 0.1) is 11.2 Å². The van der Waals surface area contributed by atoms with Crippen LogP contribution in [0.1, 0.15) is 42.5 Å². The van der Waals surface area contributed by atoms with Crippen LogP contribution in [0.15, 0.2) is 24.3 Å². The van der Waals surface area contributed by atoms with Gasteiger partial charge in [0.1, 0.15) is 5.82 Å². The summed E-state index contributed by atoms with van der Waals surface area (Å²) in [5.41, 5.74) is 0.777. The minimum atomic E-state index is -0.371. The van der Waals surface area contributed by atoms with Crippen LogP contribution in [0.25, 0.3) is 0 Å². The summed E-state index contributed by atoms with van der Waals surface area (Å²) >= 11 is 0. The standard InChI is InChI=1S/C18H24FN3O2/c19-15-5-3-14(4-6-15)16(23)20-10-11-21-17(24)22-12-9-18(13-22)7-1-2-8-18/h3-6H,1-2,7-13H2,(H,20,23)(H,21,24). The minimum absolute atomic E-state index is 0.0465. The maximum atomic E-state index is 12.8. The number of amides is 3. The van der Waals surface area contributed by atoms with E-state index in [2.05, 4.69) is 10.6 Å². The summed E-state index contributed by atoms with van der Waals surface area (Å²) in [5, 5.41) is 5.58. The number of likely N-dealkylation sites (tertiary alicyclic amines) is 1. The van der Waals surface area contributed by atoms with Gasteiger partial charge in [0.05, 0.1) is 0 Å². The van der Waals surface area contributed by atoms with Gasteiger partial charge in [-0.3, -0.25) is 4.79 Å². The molecular weight excluding hydrogens is 309 g/mol. The molecule has 130 valence electrons. The Morgan fingerprint density at radius 3 is 2.42 bits per heavy atom. The Kier molecular flexibility index (Phi) is 5.02. The van der Waals surface area contributed by atoms with Crippen LogP contribution in [0.5, 0.6) is 0 Å². The van der Waals surface area contributed by atoms with E-state index in [0.717, 1.165) is 19.5 Å². The van der Waals surface area contributed by atoms with E-state index < -0.39 is 0 Å². The molecule has 24 heavy (non-hydrogen) atoms. The van der Waals surface area contributed by atoms with Gasteiger partial charge in [0, 0.05) is 31.7 Å². The third-order valence-electron chi connectivity index (χ3n) is 5.18. The fourth-order valence-electron chi connectivity index (χ4n) is 3.80. The van der Waals surface area contributed by atoms with Crippen LogP contribution in [-0.2, 0) is 0 Å². The lowest BCUT2D eigenvalue weighted by atomic mass is 9.86. The number of carbonyl (C=O) groups excluding carboxylic acids is 2. The largest absolute Gasteiger partial charge is 0.350 e. The highest BCUT2D eigenvalue weighted by molar-refractivity contribution is 5.94. The Labute approximate surface area is 141 Å². The molecule has 6 heteroatoms. The summed E-state index contributed by atoms with van der Waals surface area (Å²) in [5.74, 6) is -0.639. The summed E-state index contributed by atoms with van der Waals surface area (Å²) < 4.78 is 12.8. The van der Waals surface area contributed by atoms with Gasteiger partial charge in [0.15, 0.2) is 0 Å². The van der Waals surface area contributed by atoms with E-state index in [0.29, 0.717) is 24.1 Å². The minimum Gasteiger partial charge on any atom is -0.350 e. The Hall–Kier alpha value is -2.11. The lowest BCUT2D eigenvalue weighted by Gasteiger charge is -2.23. The van der Waals surface area contributed by atoms with Crippen molar-refractivity contribution in [1.29, 1.82) is 0 Å². The normalized spacial score (nSPS) is 18.8. The van der Waals surface area contributed by atoms with Crippen molar-refractivity contribution in [2.75, 3.05) is 26.2 Å². The number of benzene rings is 1. The number of urea groups is 1. The lowest BCUT2D eigenvalue weighted by Crippen LogP contribution is -2.42. The summed E-state index contributed by atoms with van der Waals surface area (Å²) in [7, 11) is 0. The fraction of sp³-hybridized carbons (Fsp3) is 0.556. The van der Waals surface area contributed by atoms with Crippen LogP contribution in [0.2, 0.25) is 0 Å². The molecule has 0 unspecified atom stereocenters. The molecule has 0 bridgehead atoms. The van der Waals surface area contributed by atoms with Gasteiger partial charge in [-0.05, 0) is 48.9 Å². The van der Waals surface area contributed by atoms with Crippen molar-refractivity contribution in [2.45, 2.75) is 32.1 Å². The number of rotatable bonds is 4. The molecule has 1 aromatic rings. The first-order chi connectivity index (χ1) is 11.6. The Morgan fingerprint density at radius 2 is 1.71 bits per heavy atom. The molecule has 0 radical (unpaired) electrons. The second-order valence-corrected chi connectivity index (χ2v) is 6.87. The molecule has 2 aliphatic rings. The Morgan fingerprint density at radius 1 is 1.04 bits per heavy atom. The van der Waals surface area contributed by atoms with E-state index in [1.165, 1.54) is 49.9 Å². The molecular formula is C18H24FN3O2. The topological polar surface area (TPSA) is 61.4 Å². The first-order valence-electron chi connectivity index (χ1n) is 8.65. The molecule has 1 aliphatic carbocycles. The van der Waals surface area contributed by atoms with Crippen LogP contribution in [-0.4, -0.2) is 43.0 Å². The van der Waals surface area contributed by atoms with E-state index in [4.69, 9.17) is 0 Å². The molecule has 3 amide bonds. The van der Waals surface area contributed by atoms with Crippen molar-refractivity contribution in [3.05, 3.63) is 35.6 Å². The molecule has 1 saturated heterocycles. The number of carbonyl (C=O) groups is 2. The first kappa shape index (κ1) is 16.7. The average Bonchev–Trinajstić information content (AvgIpc) is 3.22. The molecule has 0 aromatic heterocycles. The molecule has 1 aliphatic heterocycles. The van der Waals surface area contributed by atoms with Crippen molar-refractivity contribution in [3.63, 3.8) is 0 Å². The third-order valence-corrected chi connectivity index (χ3v) is 5.18. The molecule has 1 aromatic carbocycles. The number of hydrogen-bond donors (Lipinski definition) is 2. The van der Waals surface area contributed by atoms with Gasteiger partial charge in [-0.2, -0.15) is 0 Å². The second kappa shape index (κ2) is 7.20. The highest BCUT2D eigenvalue weighted by Crippen LogP contribution is 2.45. The van der Waals surface area contributed by atoms with Gasteiger partial charge in [0.2, 0.25) is 0 Å². The van der Waals surface area contributed by atoms with E-state index in [1.54, 1.807) is 0 Å². The van der Waals surface area contributed by atoms with Gasteiger partial charge in [0.25, 0.3) is 5.91 Å². The molecule has 2 fully saturated rings. The average molecular weight is 333 g/mol. The zero-order valence-electron chi connectivity index (χ0n) is 13.8. The van der Waals surface area contributed by atoms with E-state index in [-0.39, 0.29) is 17.8 Å². The maximum Gasteiger partial charge on any atom is 0.317 e. The predicted octanol–water partition coefficient (Wildman–Crippen LogP) is 2.53. The summed E-state index contributed by atoms with van der Waals surface area (Å²) in [6.07, 6.45) is 6.16. The lowest BCUT2D eigenvalue weighted by molar-refractivity contribution is 0.0953. The van der Waals surface area contributed by atoms with Gasteiger partial charge in [-0.1, -0.05) is 12.8 Å². The summed E-state index contributed by atoms with van der Waals surface area (Å²) in [6, 6.07) is 5.34. The van der Waals surface area contributed by atoms with Crippen LogP contribution in [0.3, 0.4) is 0 Å². The van der Waals surface area contributed by atoms with Gasteiger partial charge >= 0.3 is 6.03 Å². The van der Waals surface area contributed by atoms with Crippen molar-refractivity contribution in [2.24, 2.45) is 5.41 Å². The quantitative estimate of drug-likeness (QED) is 0.832. The number of nitrogens with zero attached hydrogens (tertiary/aromatic N) is 1. The van der Waals surface area contributed by atoms with Crippen molar-refractivity contribution in [1.82, 2.24) is 15.5 Å². The zero-order valence-corrected chi connectivity index (χ0v) is 13.8. The van der Waals surface area contributed by atoms with Crippen molar-refractivity contribution >= 4 is 11.9 Å². The fourth-order valence-corrected chi connectivity index (χ4v) is 3.80. The molecule has 5 nitrogen and oxygen atoms in total. The monoisotopic (exact) mass is 333 g/mol. The molecule has 1 spiro atoms. The molecule has 0 atom stereocenters. The van der Waals surface area contributed by atoms with E-state index in [1.807, 2.05) is 4.90 Å². The molecule has 2 N–H and O–H groups in total. The summed E-state index contributed by atoms with van der Waals surface area (Å²) in [6.45, 7) is 2.42. The number of hydrogen-bond acceptors (Lipinski definition) is 2. The Bertz CT molecular complexity index is 597. The Balaban J connectivity index is 1.36. The third kappa shape index (κ3) is 3.86. The van der Waals surface area contributed by atoms with E-state index >= 15 is 0 Å². The van der Waals surface area contributed by atoms with Crippen LogP contribution >= 0.6 is 0 Å². The van der Waals surface area contributed by atoms with Gasteiger partial charge in [-0.25, -0.2) is 9.18 Å². The number of nitrogens with one attached hydrogen (secondary N) is 2. The molecule has 3 rings (SSSR count). The second-order valence-electron chi connectivity index (χ2n) is 6.87. The van der Waals surface area contributed by atoms with Crippen LogP contribution in [0.4, 0.5) is 9.18 Å². The zero-order chi connectivity index (χ0) is 17.0. The summed E-state index contributed by atoms with van der Waals surface area (Å²) in [4.78, 5) is 26.0. The SMILES string of the molecule is O=C(NCCNC(=O)N1CCC2(CCCC2)C1)c1ccc(F)cc1. The maximum absolute atomic E-state index is 12.8. The highest BCUT2D eigenvalue weighted by atomic mass is 19.1. The molecule has 1 heterocycles. The van der Waals surface area contributed by atoms with Gasteiger partial charge in [-0.15, -0.1) is 0 Å². The van der Waals surface area contributed by atoms with E-state index in [9.17, 15) is 14.0 Å². The predicted molar refractivity (Wildman–Crippen MR) is 89.2 cm³/mol. The van der Waals surface area contributed by atoms with Crippen LogP contribution < -0.4 is 10.6 Å². The van der Waals surface area contributed by atoms with Crippen molar-refractivity contribution in [3.8, 4) is 0 Å².